The number of aromatic nitrogens is 2. The summed E-state index contributed by atoms with van der Waals surface area (Å²) in [5.41, 5.74) is 0.770. The average molecular weight is 304 g/mol. The summed E-state index contributed by atoms with van der Waals surface area (Å²) in [7, 11) is 1.59. The Labute approximate surface area is 127 Å². The van der Waals surface area contributed by atoms with Gasteiger partial charge in [-0.2, -0.15) is 16.3 Å². The number of rotatable bonds is 3. The number of piperazine rings is 1. The van der Waals surface area contributed by atoms with Crippen LogP contribution in [-0.2, 0) is 0 Å². The molecule has 0 radical (unpaired) electrons. The van der Waals surface area contributed by atoms with E-state index in [4.69, 9.17) is 4.74 Å². The third-order valence-electron chi connectivity index (χ3n) is 3.44. The summed E-state index contributed by atoms with van der Waals surface area (Å²) in [5, 5.41) is 3.81. The summed E-state index contributed by atoms with van der Waals surface area (Å²) in [6.45, 7) is 2.80. The fourth-order valence-electron chi connectivity index (χ4n) is 2.28. The van der Waals surface area contributed by atoms with Crippen molar-refractivity contribution in [3.8, 4) is 5.88 Å². The maximum Gasteiger partial charge on any atom is 0.254 e. The van der Waals surface area contributed by atoms with Crippen molar-refractivity contribution in [2.75, 3.05) is 38.2 Å². The quantitative estimate of drug-likeness (QED) is 0.860. The van der Waals surface area contributed by atoms with Crippen LogP contribution in [0, 0.1) is 0 Å². The molecule has 6 nitrogen and oxygen atoms in total. The third-order valence-corrected chi connectivity index (χ3v) is 4.13. The van der Waals surface area contributed by atoms with Crippen molar-refractivity contribution in [2.45, 2.75) is 0 Å². The minimum Gasteiger partial charge on any atom is -0.481 e. The van der Waals surface area contributed by atoms with E-state index in [0.29, 0.717) is 24.9 Å². The molecule has 1 amide bonds. The first kappa shape index (κ1) is 13.8. The highest BCUT2D eigenvalue weighted by atomic mass is 32.1. The maximum atomic E-state index is 12.3. The number of carbonyl (C=O) groups excluding carboxylic acids is 1. The zero-order chi connectivity index (χ0) is 14.7. The molecule has 0 aliphatic carbocycles. The van der Waals surface area contributed by atoms with Gasteiger partial charge in [0, 0.05) is 43.8 Å². The summed E-state index contributed by atoms with van der Waals surface area (Å²) in [4.78, 5) is 24.8. The van der Waals surface area contributed by atoms with E-state index in [1.54, 1.807) is 30.7 Å². The Bertz CT molecular complexity index is 609. The first-order chi connectivity index (χ1) is 10.3. The van der Waals surface area contributed by atoms with Gasteiger partial charge in [-0.05, 0) is 11.4 Å². The molecule has 7 heteroatoms. The second-order valence-corrected chi connectivity index (χ2v) is 5.47. The Hall–Kier alpha value is -2.15. The SMILES string of the molecule is COc1ccnc(N2CCN(C(=O)c3ccsc3)CC2)n1. The average Bonchev–Trinajstić information content (AvgIpc) is 3.09. The highest BCUT2D eigenvalue weighted by Crippen LogP contribution is 2.16. The summed E-state index contributed by atoms with van der Waals surface area (Å²) >= 11 is 1.54. The van der Waals surface area contributed by atoms with Gasteiger partial charge in [0.15, 0.2) is 0 Å². The number of anilines is 1. The number of hydrogen-bond acceptors (Lipinski definition) is 6. The largest absolute Gasteiger partial charge is 0.481 e. The van der Waals surface area contributed by atoms with Gasteiger partial charge >= 0.3 is 0 Å². The topological polar surface area (TPSA) is 58.6 Å². The Morgan fingerprint density at radius 3 is 2.76 bits per heavy atom. The lowest BCUT2D eigenvalue weighted by Gasteiger charge is -2.34. The molecule has 1 fully saturated rings. The van der Waals surface area contributed by atoms with Crippen LogP contribution in [0.1, 0.15) is 10.4 Å². The predicted molar refractivity (Wildman–Crippen MR) is 81.0 cm³/mol. The molecule has 0 bridgehead atoms. The zero-order valence-corrected chi connectivity index (χ0v) is 12.5. The van der Waals surface area contributed by atoms with Crippen molar-refractivity contribution in [2.24, 2.45) is 0 Å². The van der Waals surface area contributed by atoms with Gasteiger partial charge in [-0.25, -0.2) is 4.98 Å². The monoisotopic (exact) mass is 304 g/mol. The van der Waals surface area contributed by atoms with E-state index in [-0.39, 0.29) is 5.91 Å². The zero-order valence-electron chi connectivity index (χ0n) is 11.7. The van der Waals surface area contributed by atoms with Crippen LogP contribution in [-0.4, -0.2) is 54.1 Å². The van der Waals surface area contributed by atoms with Crippen LogP contribution in [0.25, 0.3) is 0 Å². The summed E-state index contributed by atoms with van der Waals surface area (Å²) in [6.07, 6.45) is 1.68. The Kier molecular flexibility index (Phi) is 4.01. The van der Waals surface area contributed by atoms with Gasteiger partial charge in [0.1, 0.15) is 0 Å². The van der Waals surface area contributed by atoms with E-state index < -0.39 is 0 Å². The Morgan fingerprint density at radius 2 is 2.10 bits per heavy atom. The van der Waals surface area contributed by atoms with Crippen LogP contribution in [0.5, 0.6) is 5.88 Å². The first-order valence-electron chi connectivity index (χ1n) is 6.71. The minimum absolute atomic E-state index is 0.0995. The van der Waals surface area contributed by atoms with E-state index in [1.165, 1.54) is 0 Å². The second-order valence-electron chi connectivity index (χ2n) is 4.69. The van der Waals surface area contributed by atoms with Gasteiger partial charge in [-0.1, -0.05) is 0 Å². The summed E-state index contributed by atoms with van der Waals surface area (Å²) in [6, 6.07) is 3.59. The fourth-order valence-corrected chi connectivity index (χ4v) is 2.91. The summed E-state index contributed by atoms with van der Waals surface area (Å²) < 4.78 is 5.11. The van der Waals surface area contributed by atoms with Crippen molar-refractivity contribution in [1.82, 2.24) is 14.9 Å². The summed E-state index contributed by atoms with van der Waals surface area (Å²) in [5.74, 6) is 1.30. The van der Waals surface area contributed by atoms with E-state index in [2.05, 4.69) is 14.9 Å². The fraction of sp³-hybridized carbons (Fsp3) is 0.357. The van der Waals surface area contributed by atoms with E-state index in [9.17, 15) is 4.79 Å². The normalized spacial score (nSPS) is 15.1. The molecule has 1 aliphatic rings. The number of ether oxygens (including phenoxy) is 1. The third kappa shape index (κ3) is 2.97. The van der Waals surface area contributed by atoms with Gasteiger partial charge in [0.05, 0.1) is 12.7 Å². The van der Waals surface area contributed by atoms with E-state index >= 15 is 0 Å². The molecular formula is C14H16N4O2S. The van der Waals surface area contributed by atoms with Crippen LogP contribution < -0.4 is 9.64 Å². The van der Waals surface area contributed by atoms with Crippen molar-refractivity contribution >= 4 is 23.2 Å². The molecule has 0 saturated carbocycles. The molecule has 1 aliphatic heterocycles. The first-order valence-corrected chi connectivity index (χ1v) is 7.65. The number of amides is 1. The maximum absolute atomic E-state index is 12.3. The van der Waals surface area contributed by atoms with E-state index in [0.717, 1.165) is 18.7 Å². The van der Waals surface area contributed by atoms with Gasteiger partial charge in [-0.3, -0.25) is 4.79 Å². The predicted octanol–water partition coefficient (Wildman–Crippen LogP) is 1.51. The van der Waals surface area contributed by atoms with Crippen LogP contribution in [0.4, 0.5) is 5.95 Å². The number of nitrogens with zero attached hydrogens (tertiary/aromatic N) is 4. The molecular weight excluding hydrogens is 288 g/mol. The molecule has 0 unspecified atom stereocenters. The molecule has 3 rings (SSSR count). The number of methoxy groups -OCH3 is 1. The van der Waals surface area contributed by atoms with Gasteiger partial charge < -0.3 is 14.5 Å². The highest BCUT2D eigenvalue weighted by molar-refractivity contribution is 7.08. The smallest absolute Gasteiger partial charge is 0.254 e. The minimum atomic E-state index is 0.0995. The van der Waals surface area contributed by atoms with Crippen molar-refractivity contribution < 1.29 is 9.53 Å². The van der Waals surface area contributed by atoms with Crippen LogP contribution >= 0.6 is 11.3 Å². The van der Waals surface area contributed by atoms with Crippen LogP contribution in [0.2, 0.25) is 0 Å². The molecule has 21 heavy (non-hydrogen) atoms. The number of carbonyl (C=O) groups is 1. The van der Waals surface area contributed by atoms with Gasteiger partial charge in [0.2, 0.25) is 11.8 Å². The Morgan fingerprint density at radius 1 is 1.29 bits per heavy atom. The van der Waals surface area contributed by atoms with Crippen LogP contribution in [0.3, 0.4) is 0 Å². The van der Waals surface area contributed by atoms with Crippen molar-refractivity contribution in [3.05, 3.63) is 34.7 Å². The molecule has 0 spiro atoms. The molecule has 0 atom stereocenters. The molecule has 110 valence electrons. The lowest BCUT2D eigenvalue weighted by atomic mass is 10.2. The lowest BCUT2D eigenvalue weighted by Crippen LogP contribution is -2.49. The second kappa shape index (κ2) is 6.09. The van der Waals surface area contributed by atoms with Gasteiger partial charge in [-0.15, -0.1) is 0 Å². The molecule has 1 saturated heterocycles. The number of hydrogen-bond donors (Lipinski definition) is 0. The van der Waals surface area contributed by atoms with Crippen molar-refractivity contribution in [1.29, 1.82) is 0 Å². The molecule has 2 aromatic rings. The molecule has 0 N–H and O–H groups in total. The van der Waals surface area contributed by atoms with Crippen LogP contribution in [0.15, 0.2) is 29.1 Å². The molecule has 0 aromatic carbocycles. The Balaban J connectivity index is 1.63. The number of thiophene rings is 1. The molecule has 3 heterocycles. The highest BCUT2D eigenvalue weighted by Gasteiger charge is 2.23. The standard InChI is InChI=1S/C14H16N4O2S/c1-20-12-2-4-15-14(16-12)18-7-5-17(6-8-18)13(19)11-3-9-21-10-11/h2-4,9-10H,5-8H2,1H3. The van der Waals surface area contributed by atoms with E-state index in [1.807, 2.05) is 21.7 Å². The van der Waals surface area contributed by atoms with Gasteiger partial charge in [0.25, 0.3) is 5.91 Å². The molecule has 2 aromatic heterocycles. The lowest BCUT2D eigenvalue weighted by molar-refractivity contribution is 0.0746. The van der Waals surface area contributed by atoms with Crippen molar-refractivity contribution in [3.63, 3.8) is 0 Å².